The molecule has 0 unspecified atom stereocenters. The molecule has 31 heavy (non-hydrogen) atoms. The zero-order chi connectivity index (χ0) is 24.5. The first-order valence-electron chi connectivity index (χ1n) is 7.86. The highest BCUT2D eigenvalue weighted by Crippen LogP contribution is 2.55. The van der Waals surface area contributed by atoms with E-state index in [1.165, 1.54) is 7.11 Å². The Kier molecular flexibility index (Phi) is 7.37. The summed E-state index contributed by atoms with van der Waals surface area (Å²) in [5.41, 5.74) is -0.408. The van der Waals surface area contributed by atoms with Crippen LogP contribution >= 0.6 is 0 Å². The lowest BCUT2D eigenvalue weighted by atomic mass is 10.1. The SMILES string of the molecule is CCOC(=O)/C(=C\c1ccc(OC)cc1)S(=O)(=O)C(F)(F)C(F)(F)C(F)(F)C(F)(F)F. The van der Waals surface area contributed by atoms with E-state index in [4.69, 9.17) is 4.74 Å². The van der Waals surface area contributed by atoms with Crippen LogP contribution in [0.4, 0.5) is 39.5 Å². The maximum atomic E-state index is 14.1. The van der Waals surface area contributed by atoms with E-state index in [-0.39, 0.29) is 11.8 Å². The highest BCUT2D eigenvalue weighted by Gasteiger charge is 2.85. The first-order chi connectivity index (χ1) is 13.9. The highest BCUT2D eigenvalue weighted by molar-refractivity contribution is 7.97. The van der Waals surface area contributed by atoms with Gasteiger partial charge in [0.1, 0.15) is 5.75 Å². The smallest absolute Gasteiger partial charge is 0.460 e. The van der Waals surface area contributed by atoms with Gasteiger partial charge in [0.05, 0.1) is 13.7 Å². The van der Waals surface area contributed by atoms with Crippen LogP contribution in [0, 0.1) is 0 Å². The molecule has 0 aliphatic rings. The lowest BCUT2D eigenvalue weighted by molar-refractivity contribution is -0.382. The van der Waals surface area contributed by atoms with E-state index in [9.17, 15) is 52.7 Å². The van der Waals surface area contributed by atoms with Crippen molar-refractivity contribution in [2.45, 2.75) is 30.2 Å². The number of hydrogen-bond donors (Lipinski definition) is 0. The van der Waals surface area contributed by atoms with Gasteiger partial charge in [0, 0.05) is 0 Å². The van der Waals surface area contributed by atoms with Crippen molar-refractivity contribution in [1.82, 2.24) is 0 Å². The summed E-state index contributed by atoms with van der Waals surface area (Å²) in [5, 5.41) is -7.07. The largest absolute Gasteiger partial charge is 0.497 e. The Labute approximate surface area is 169 Å². The Hall–Kier alpha value is -2.45. The maximum Gasteiger partial charge on any atom is 0.460 e. The number of carbonyl (C=O) groups is 1. The Balaban J connectivity index is 3.72. The quantitative estimate of drug-likeness (QED) is 0.308. The van der Waals surface area contributed by atoms with Gasteiger partial charge in [-0.15, -0.1) is 0 Å². The van der Waals surface area contributed by atoms with Crippen molar-refractivity contribution in [3.63, 3.8) is 0 Å². The predicted octanol–water partition coefficient (Wildman–Crippen LogP) is 4.44. The van der Waals surface area contributed by atoms with Gasteiger partial charge in [-0.1, -0.05) is 12.1 Å². The first kappa shape index (κ1) is 26.6. The van der Waals surface area contributed by atoms with E-state index in [0.717, 1.165) is 31.2 Å². The molecule has 176 valence electrons. The summed E-state index contributed by atoms with van der Waals surface area (Å²) in [7, 11) is -5.93. The average Bonchev–Trinajstić information content (AvgIpc) is 2.65. The van der Waals surface area contributed by atoms with E-state index in [1.54, 1.807) is 0 Å². The number of hydrogen-bond acceptors (Lipinski definition) is 5. The van der Waals surface area contributed by atoms with Gasteiger partial charge in [-0.2, -0.15) is 39.5 Å². The van der Waals surface area contributed by atoms with Crippen LogP contribution in [0.1, 0.15) is 12.5 Å². The second-order valence-electron chi connectivity index (χ2n) is 5.67. The number of rotatable bonds is 8. The van der Waals surface area contributed by atoms with Gasteiger partial charge < -0.3 is 9.47 Å². The zero-order valence-corrected chi connectivity index (χ0v) is 16.3. The molecule has 0 amide bonds. The lowest BCUT2D eigenvalue weighted by Crippen LogP contribution is -2.63. The summed E-state index contributed by atoms with van der Waals surface area (Å²) in [6, 6.07) is 4.14. The van der Waals surface area contributed by atoms with Crippen LogP contribution < -0.4 is 4.74 Å². The number of methoxy groups -OCH3 is 1. The van der Waals surface area contributed by atoms with E-state index in [1.807, 2.05) is 0 Å². The highest BCUT2D eigenvalue weighted by atomic mass is 32.2. The monoisotopic (exact) mass is 488 g/mol. The van der Waals surface area contributed by atoms with Crippen LogP contribution in [-0.2, 0) is 19.4 Å². The van der Waals surface area contributed by atoms with Gasteiger partial charge in [0.15, 0.2) is 4.91 Å². The van der Waals surface area contributed by atoms with Crippen molar-refractivity contribution >= 4 is 21.9 Å². The van der Waals surface area contributed by atoms with Gasteiger partial charge in [-0.05, 0) is 30.7 Å². The molecule has 0 bridgehead atoms. The Morgan fingerprint density at radius 3 is 1.81 bits per heavy atom. The molecule has 0 spiro atoms. The molecule has 1 rings (SSSR count). The summed E-state index contributed by atoms with van der Waals surface area (Å²) in [6.45, 7) is 0.384. The Bertz CT molecular complexity index is 935. The van der Waals surface area contributed by atoms with Gasteiger partial charge in [0.2, 0.25) is 0 Å². The summed E-state index contributed by atoms with van der Waals surface area (Å²) < 4.78 is 152. The predicted molar refractivity (Wildman–Crippen MR) is 87.4 cm³/mol. The number of alkyl halides is 9. The molecule has 0 aliphatic heterocycles. The molecule has 0 N–H and O–H groups in total. The van der Waals surface area contributed by atoms with Crippen molar-refractivity contribution in [2.24, 2.45) is 0 Å². The van der Waals surface area contributed by atoms with E-state index in [2.05, 4.69) is 4.74 Å². The number of ether oxygens (including phenoxy) is 2. The van der Waals surface area contributed by atoms with Gasteiger partial charge in [-0.25, -0.2) is 13.2 Å². The third-order valence-corrected chi connectivity index (χ3v) is 5.43. The van der Waals surface area contributed by atoms with Gasteiger partial charge in [0.25, 0.3) is 9.84 Å². The number of benzene rings is 1. The molecular formula is C16H13F9O5S. The van der Waals surface area contributed by atoms with Crippen molar-refractivity contribution in [1.29, 1.82) is 0 Å². The lowest BCUT2D eigenvalue weighted by Gasteiger charge is -2.33. The second kappa shape index (κ2) is 8.59. The summed E-state index contributed by atoms with van der Waals surface area (Å²) >= 11 is 0. The molecule has 0 radical (unpaired) electrons. The second-order valence-corrected chi connectivity index (χ2v) is 7.63. The minimum atomic E-state index is -7.48. The molecule has 0 saturated carbocycles. The summed E-state index contributed by atoms with van der Waals surface area (Å²) in [4.78, 5) is 9.59. The topological polar surface area (TPSA) is 69.7 Å². The Morgan fingerprint density at radius 2 is 1.42 bits per heavy atom. The summed E-state index contributed by atoms with van der Waals surface area (Å²) in [6.07, 6.45) is -7.18. The molecule has 0 fully saturated rings. The molecule has 0 atom stereocenters. The van der Waals surface area contributed by atoms with Gasteiger partial charge >= 0.3 is 29.2 Å². The zero-order valence-electron chi connectivity index (χ0n) is 15.4. The van der Waals surface area contributed by atoms with Crippen LogP contribution in [0.2, 0.25) is 0 Å². The maximum absolute atomic E-state index is 14.1. The Morgan fingerprint density at radius 1 is 0.935 bits per heavy atom. The third-order valence-electron chi connectivity index (χ3n) is 3.63. The van der Waals surface area contributed by atoms with Crippen molar-refractivity contribution in [3.05, 3.63) is 34.7 Å². The fraction of sp³-hybridized carbons (Fsp3) is 0.438. The summed E-state index contributed by atoms with van der Waals surface area (Å²) in [5.74, 6) is -17.0. The molecule has 0 saturated heterocycles. The minimum Gasteiger partial charge on any atom is -0.497 e. The van der Waals surface area contributed by atoms with Crippen molar-refractivity contribution < 1.29 is 62.2 Å². The van der Waals surface area contributed by atoms with E-state index < -0.39 is 56.2 Å². The molecule has 1 aromatic carbocycles. The number of esters is 1. The fourth-order valence-corrected chi connectivity index (χ4v) is 3.28. The van der Waals surface area contributed by atoms with Crippen LogP contribution in [0.3, 0.4) is 0 Å². The third kappa shape index (κ3) is 4.60. The van der Waals surface area contributed by atoms with Crippen LogP contribution in [-0.4, -0.2) is 51.4 Å². The van der Waals surface area contributed by atoms with Crippen molar-refractivity contribution in [2.75, 3.05) is 13.7 Å². The molecule has 0 heterocycles. The minimum absolute atomic E-state index is 0.0580. The number of carbonyl (C=O) groups excluding carboxylic acids is 1. The molecular weight excluding hydrogens is 475 g/mol. The standard InChI is InChI=1S/C16H13F9O5S/c1-3-30-12(26)11(8-9-4-6-10(29-2)7-5-9)31(27,28)16(24,25)14(19,20)13(17,18)15(21,22)23/h4-8H,3H2,1-2H3/b11-8+. The fourth-order valence-electron chi connectivity index (χ4n) is 1.97. The molecule has 0 aromatic heterocycles. The number of sulfone groups is 1. The molecule has 5 nitrogen and oxygen atoms in total. The van der Waals surface area contributed by atoms with E-state index >= 15 is 0 Å². The molecule has 1 aromatic rings. The number of halogens is 9. The average molecular weight is 488 g/mol. The first-order valence-corrected chi connectivity index (χ1v) is 9.34. The van der Waals surface area contributed by atoms with Crippen molar-refractivity contribution in [3.8, 4) is 5.75 Å². The van der Waals surface area contributed by atoms with Crippen LogP contribution in [0.25, 0.3) is 6.08 Å². The van der Waals surface area contributed by atoms with Crippen LogP contribution in [0.15, 0.2) is 29.2 Å². The van der Waals surface area contributed by atoms with Gasteiger partial charge in [-0.3, -0.25) is 0 Å². The normalized spacial score (nSPS) is 14.4. The molecule has 0 aliphatic carbocycles. The van der Waals surface area contributed by atoms with Crippen LogP contribution in [0.5, 0.6) is 5.75 Å². The molecule has 15 heteroatoms. The van der Waals surface area contributed by atoms with E-state index in [0.29, 0.717) is 0 Å².